The molecule has 14 heavy (non-hydrogen) atoms. The van der Waals surface area contributed by atoms with Gasteiger partial charge in [0.15, 0.2) is 0 Å². The second-order valence-electron chi connectivity index (χ2n) is 4.17. The standard InChI is InChI=1S/C11H15N3/c1-4-12-5-2-10(1)14-6-3-9-7-13-8-11(9)14/h1-2,4-5,9,11,13H,3,6-8H2/t9-,11+/m0/s1. The molecule has 1 aromatic heterocycles. The fraction of sp³-hybridized carbons (Fsp3) is 0.545. The van der Waals surface area contributed by atoms with Crippen molar-refractivity contribution in [1.29, 1.82) is 0 Å². The third kappa shape index (κ3) is 1.20. The van der Waals surface area contributed by atoms with Gasteiger partial charge in [-0.2, -0.15) is 0 Å². The van der Waals surface area contributed by atoms with E-state index in [0.717, 1.165) is 18.5 Å². The first-order valence-corrected chi connectivity index (χ1v) is 5.32. The van der Waals surface area contributed by atoms with E-state index in [9.17, 15) is 0 Å². The van der Waals surface area contributed by atoms with Crippen LogP contribution in [0.5, 0.6) is 0 Å². The summed E-state index contributed by atoms with van der Waals surface area (Å²) in [6, 6.07) is 4.94. The number of hydrogen-bond acceptors (Lipinski definition) is 3. The minimum atomic E-state index is 0.720. The molecule has 0 aliphatic carbocycles. The maximum absolute atomic E-state index is 4.06. The molecule has 2 fully saturated rings. The zero-order chi connectivity index (χ0) is 9.38. The van der Waals surface area contributed by atoms with Gasteiger partial charge in [0.2, 0.25) is 0 Å². The van der Waals surface area contributed by atoms with Gasteiger partial charge in [0.25, 0.3) is 0 Å². The van der Waals surface area contributed by atoms with Gasteiger partial charge in [-0.3, -0.25) is 4.98 Å². The molecule has 1 aromatic rings. The second-order valence-corrected chi connectivity index (χ2v) is 4.17. The van der Waals surface area contributed by atoms with Crippen molar-refractivity contribution in [3.05, 3.63) is 24.5 Å². The molecule has 3 rings (SSSR count). The minimum Gasteiger partial charge on any atom is -0.367 e. The quantitative estimate of drug-likeness (QED) is 0.711. The largest absolute Gasteiger partial charge is 0.367 e. The van der Waals surface area contributed by atoms with Crippen LogP contribution in [0.2, 0.25) is 0 Å². The SMILES string of the molecule is c1cc(N2CC[C@H]3CNC[C@H]32)ccn1. The summed E-state index contributed by atoms with van der Waals surface area (Å²) in [5, 5.41) is 3.47. The van der Waals surface area contributed by atoms with E-state index in [1.165, 1.54) is 25.2 Å². The fourth-order valence-corrected chi connectivity index (χ4v) is 2.71. The van der Waals surface area contributed by atoms with Gasteiger partial charge >= 0.3 is 0 Å². The predicted molar refractivity (Wildman–Crippen MR) is 56.3 cm³/mol. The lowest BCUT2D eigenvalue weighted by Crippen LogP contribution is -2.33. The average Bonchev–Trinajstić information content (AvgIpc) is 2.79. The molecule has 2 aliphatic heterocycles. The molecule has 3 heterocycles. The molecule has 0 spiro atoms. The van der Waals surface area contributed by atoms with E-state index in [4.69, 9.17) is 0 Å². The van der Waals surface area contributed by atoms with Crippen LogP contribution in [0.3, 0.4) is 0 Å². The van der Waals surface area contributed by atoms with Crippen molar-refractivity contribution in [2.45, 2.75) is 12.5 Å². The first-order chi connectivity index (χ1) is 6.95. The van der Waals surface area contributed by atoms with E-state index in [0.29, 0.717) is 0 Å². The van der Waals surface area contributed by atoms with Gasteiger partial charge < -0.3 is 10.2 Å². The molecule has 2 saturated heterocycles. The number of nitrogens with one attached hydrogen (secondary N) is 1. The molecule has 0 aromatic carbocycles. The highest BCUT2D eigenvalue weighted by molar-refractivity contribution is 5.47. The van der Waals surface area contributed by atoms with E-state index < -0.39 is 0 Å². The Bertz CT molecular complexity index is 312. The lowest BCUT2D eigenvalue weighted by molar-refractivity contribution is 0.578. The molecule has 0 amide bonds. The Hall–Kier alpha value is -1.09. The van der Waals surface area contributed by atoms with Crippen molar-refractivity contribution >= 4 is 5.69 Å². The second kappa shape index (κ2) is 3.24. The molecular formula is C11H15N3. The monoisotopic (exact) mass is 189 g/mol. The molecular weight excluding hydrogens is 174 g/mol. The van der Waals surface area contributed by atoms with Gasteiger partial charge in [-0.25, -0.2) is 0 Å². The van der Waals surface area contributed by atoms with Gasteiger partial charge in [-0.05, 0) is 24.5 Å². The first kappa shape index (κ1) is 8.24. The number of pyridine rings is 1. The predicted octanol–water partition coefficient (Wildman–Crippen LogP) is 0.880. The van der Waals surface area contributed by atoms with Crippen molar-refractivity contribution in [2.24, 2.45) is 5.92 Å². The van der Waals surface area contributed by atoms with Gasteiger partial charge in [-0.1, -0.05) is 0 Å². The molecule has 0 radical (unpaired) electrons. The Morgan fingerprint density at radius 2 is 2.14 bits per heavy atom. The van der Waals surface area contributed by atoms with Crippen LogP contribution < -0.4 is 10.2 Å². The average molecular weight is 189 g/mol. The van der Waals surface area contributed by atoms with Crippen LogP contribution in [0.1, 0.15) is 6.42 Å². The Labute approximate surface area is 84.1 Å². The molecule has 3 nitrogen and oxygen atoms in total. The molecule has 74 valence electrons. The molecule has 0 bridgehead atoms. The number of anilines is 1. The van der Waals surface area contributed by atoms with Crippen molar-refractivity contribution in [3.8, 4) is 0 Å². The van der Waals surface area contributed by atoms with E-state index in [-0.39, 0.29) is 0 Å². The van der Waals surface area contributed by atoms with Crippen LogP contribution in [0.4, 0.5) is 5.69 Å². The maximum Gasteiger partial charge on any atom is 0.0455 e. The Balaban J connectivity index is 1.86. The number of aromatic nitrogens is 1. The molecule has 0 unspecified atom stereocenters. The summed E-state index contributed by atoms with van der Waals surface area (Å²) in [6.45, 7) is 3.56. The van der Waals surface area contributed by atoms with Crippen LogP contribution in [0.25, 0.3) is 0 Å². The van der Waals surface area contributed by atoms with Gasteiger partial charge in [0, 0.05) is 43.8 Å². The summed E-state index contributed by atoms with van der Waals surface area (Å²) in [5.41, 5.74) is 1.33. The summed E-state index contributed by atoms with van der Waals surface area (Å²) in [4.78, 5) is 6.58. The van der Waals surface area contributed by atoms with Crippen LogP contribution >= 0.6 is 0 Å². The topological polar surface area (TPSA) is 28.2 Å². The van der Waals surface area contributed by atoms with E-state index in [2.05, 4.69) is 27.3 Å². The maximum atomic E-state index is 4.06. The number of hydrogen-bond donors (Lipinski definition) is 1. The zero-order valence-corrected chi connectivity index (χ0v) is 8.19. The minimum absolute atomic E-state index is 0.720. The van der Waals surface area contributed by atoms with E-state index in [1.54, 1.807) is 0 Å². The Morgan fingerprint density at radius 1 is 1.29 bits per heavy atom. The summed E-state index contributed by atoms with van der Waals surface area (Å²) in [7, 11) is 0. The normalized spacial score (nSPS) is 30.7. The van der Waals surface area contributed by atoms with Crippen molar-refractivity contribution in [2.75, 3.05) is 24.5 Å². The van der Waals surface area contributed by atoms with Crippen molar-refractivity contribution < 1.29 is 0 Å². The van der Waals surface area contributed by atoms with Gasteiger partial charge in [0.1, 0.15) is 0 Å². The summed E-state index contributed by atoms with van der Waals surface area (Å²) in [5.74, 6) is 0.864. The summed E-state index contributed by atoms with van der Waals surface area (Å²) < 4.78 is 0. The molecule has 0 saturated carbocycles. The molecule has 2 aliphatic rings. The first-order valence-electron chi connectivity index (χ1n) is 5.32. The Morgan fingerprint density at radius 3 is 3.00 bits per heavy atom. The molecule has 2 atom stereocenters. The third-order valence-electron chi connectivity index (χ3n) is 3.44. The Kier molecular flexibility index (Phi) is 1.91. The van der Waals surface area contributed by atoms with Crippen molar-refractivity contribution in [1.82, 2.24) is 10.3 Å². The summed E-state index contributed by atoms with van der Waals surface area (Å²) >= 11 is 0. The van der Waals surface area contributed by atoms with Crippen LogP contribution in [0, 0.1) is 5.92 Å². The van der Waals surface area contributed by atoms with Gasteiger partial charge in [0.05, 0.1) is 0 Å². The van der Waals surface area contributed by atoms with Crippen LogP contribution in [0.15, 0.2) is 24.5 Å². The molecule has 1 N–H and O–H groups in total. The lowest BCUT2D eigenvalue weighted by Gasteiger charge is -2.25. The highest BCUT2D eigenvalue weighted by Gasteiger charge is 2.37. The highest BCUT2D eigenvalue weighted by atomic mass is 15.2. The summed E-state index contributed by atoms with van der Waals surface area (Å²) in [6.07, 6.45) is 5.09. The van der Waals surface area contributed by atoms with Crippen LogP contribution in [-0.2, 0) is 0 Å². The number of rotatable bonds is 1. The highest BCUT2D eigenvalue weighted by Crippen LogP contribution is 2.31. The van der Waals surface area contributed by atoms with E-state index in [1.807, 2.05) is 12.4 Å². The number of nitrogens with zero attached hydrogens (tertiary/aromatic N) is 2. The lowest BCUT2D eigenvalue weighted by atomic mass is 10.1. The van der Waals surface area contributed by atoms with Crippen molar-refractivity contribution in [3.63, 3.8) is 0 Å². The van der Waals surface area contributed by atoms with E-state index >= 15 is 0 Å². The number of fused-ring (bicyclic) bond motifs is 1. The van der Waals surface area contributed by atoms with Gasteiger partial charge in [-0.15, -0.1) is 0 Å². The smallest absolute Gasteiger partial charge is 0.0455 e. The third-order valence-corrected chi connectivity index (χ3v) is 3.44. The fourth-order valence-electron chi connectivity index (χ4n) is 2.71. The zero-order valence-electron chi connectivity index (χ0n) is 8.19. The van der Waals surface area contributed by atoms with Crippen LogP contribution in [-0.4, -0.2) is 30.7 Å². The molecule has 3 heteroatoms.